The van der Waals surface area contributed by atoms with Gasteiger partial charge in [0.05, 0.1) is 12.7 Å². The fraction of sp³-hybridized carbons (Fsp3) is 0.700. The van der Waals surface area contributed by atoms with E-state index in [2.05, 4.69) is 15.2 Å². The molecule has 0 saturated carbocycles. The molecule has 0 aromatic carbocycles. The molecule has 0 spiro atoms. The molecule has 1 fully saturated rings. The van der Waals surface area contributed by atoms with E-state index in [1.165, 1.54) is 6.42 Å². The lowest BCUT2D eigenvalue weighted by molar-refractivity contribution is 0.310. The fourth-order valence-corrected chi connectivity index (χ4v) is 2.13. The van der Waals surface area contributed by atoms with Gasteiger partial charge in [0.2, 0.25) is 0 Å². The Morgan fingerprint density at radius 3 is 3.00 bits per heavy atom. The van der Waals surface area contributed by atoms with Crippen molar-refractivity contribution < 1.29 is 0 Å². The third kappa shape index (κ3) is 2.33. The third-order valence-electron chi connectivity index (χ3n) is 3.07. The number of likely N-dealkylation sites (tertiary alicyclic amines) is 1. The Morgan fingerprint density at radius 1 is 1.67 bits per heavy atom. The smallest absolute Gasteiger partial charge is 0.128 e. The third-order valence-corrected chi connectivity index (χ3v) is 3.42. The molecule has 2 rings (SSSR count). The molecule has 0 amide bonds. The highest BCUT2D eigenvalue weighted by atomic mass is 35.5. The molecule has 0 radical (unpaired) electrons. The predicted octanol–water partition coefficient (Wildman–Crippen LogP) is 0.867. The number of likely N-dealkylation sites (N-methyl/N-ethyl adjacent to an activating group) is 1. The van der Waals surface area contributed by atoms with Gasteiger partial charge >= 0.3 is 0 Å². The van der Waals surface area contributed by atoms with Crippen molar-refractivity contribution in [1.29, 1.82) is 0 Å². The van der Waals surface area contributed by atoms with E-state index >= 15 is 0 Å². The van der Waals surface area contributed by atoms with Crippen molar-refractivity contribution in [2.75, 3.05) is 20.1 Å². The normalized spacial score (nSPS) is 22.5. The van der Waals surface area contributed by atoms with Crippen LogP contribution >= 0.6 is 11.6 Å². The number of rotatable bonds is 3. The van der Waals surface area contributed by atoms with Gasteiger partial charge in [0.25, 0.3) is 0 Å². The van der Waals surface area contributed by atoms with E-state index < -0.39 is 0 Å². The number of aromatic nitrogens is 2. The Kier molecular flexibility index (Phi) is 3.29. The van der Waals surface area contributed by atoms with Crippen LogP contribution in [0.25, 0.3) is 0 Å². The average Bonchev–Trinajstić information content (AvgIpc) is 2.80. The summed E-state index contributed by atoms with van der Waals surface area (Å²) < 4.78 is 1.94. The van der Waals surface area contributed by atoms with Gasteiger partial charge < -0.3 is 9.88 Å². The van der Waals surface area contributed by atoms with E-state index in [0.29, 0.717) is 11.2 Å². The molecule has 1 aliphatic heterocycles. The number of halogens is 1. The lowest BCUT2D eigenvalue weighted by Crippen LogP contribution is -2.29. The molecule has 4 nitrogen and oxygen atoms in total. The highest BCUT2D eigenvalue weighted by molar-refractivity contribution is 6.29. The summed E-state index contributed by atoms with van der Waals surface area (Å²) in [6.45, 7) is 3.12. The van der Waals surface area contributed by atoms with E-state index in [0.717, 1.165) is 25.5 Å². The topological polar surface area (TPSA) is 33.1 Å². The zero-order chi connectivity index (χ0) is 10.8. The maximum Gasteiger partial charge on any atom is 0.128 e. The highest BCUT2D eigenvalue weighted by Crippen LogP contribution is 2.15. The number of nitrogens with zero attached hydrogens (tertiary/aromatic N) is 3. The van der Waals surface area contributed by atoms with Gasteiger partial charge in [-0.2, -0.15) is 0 Å². The van der Waals surface area contributed by atoms with E-state index in [4.69, 9.17) is 11.6 Å². The lowest BCUT2D eigenvalue weighted by atomic mass is 10.3. The minimum atomic E-state index is 0.626. The fourth-order valence-electron chi connectivity index (χ4n) is 1.98. The van der Waals surface area contributed by atoms with Crippen LogP contribution in [0, 0.1) is 0 Å². The number of hydrogen-bond donors (Lipinski definition) is 1. The minimum Gasteiger partial charge on any atom is -0.321 e. The van der Waals surface area contributed by atoms with Gasteiger partial charge in [0.15, 0.2) is 0 Å². The van der Waals surface area contributed by atoms with Crippen LogP contribution in [0.1, 0.15) is 12.2 Å². The minimum absolute atomic E-state index is 0.626. The SMILES string of the molecule is CNC1CCN(Cc2ncc(Cl)n2C)C1. The van der Waals surface area contributed by atoms with E-state index in [9.17, 15) is 0 Å². The molecule has 1 aromatic heterocycles. The Bertz CT molecular complexity index is 336. The molecular formula is C10H17ClN4. The first kappa shape index (κ1) is 10.9. The molecule has 1 aliphatic rings. The van der Waals surface area contributed by atoms with Crippen LogP contribution in [-0.2, 0) is 13.6 Å². The summed E-state index contributed by atoms with van der Waals surface area (Å²) in [4.78, 5) is 6.70. The van der Waals surface area contributed by atoms with Crippen molar-refractivity contribution in [1.82, 2.24) is 19.8 Å². The van der Waals surface area contributed by atoms with Crippen molar-refractivity contribution in [2.24, 2.45) is 7.05 Å². The molecule has 1 atom stereocenters. The van der Waals surface area contributed by atoms with Crippen LogP contribution in [0.5, 0.6) is 0 Å². The van der Waals surface area contributed by atoms with Gasteiger partial charge in [-0.25, -0.2) is 4.98 Å². The van der Waals surface area contributed by atoms with Crippen LogP contribution in [-0.4, -0.2) is 40.6 Å². The van der Waals surface area contributed by atoms with Gasteiger partial charge in [0, 0.05) is 26.2 Å². The van der Waals surface area contributed by atoms with Gasteiger partial charge in [-0.15, -0.1) is 0 Å². The van der Waals surface area contributed by atoms with Crippen molar-refractivity contribution in [2.45, 2.75) is 19.0 Å². The summed E-state index contributed by atoms with van der Waals surface area (Å²) in [5.74, 6) is 1.04. The molecule has 1 saturated heterocycles. The molecule has 0 aliphatic carbocycles. The molecule has 1 N–H and O–H groups in total. The molecule has 1 aromatic rings. The summed E-state index contributed by atoms with van der Waals surface area (Å²) >= 11 is 5.94. The zero-order valence-corrected chi connectivity index (χ0v) is 9.96. The monoisotopic (exact) mass is 228 g/mol. The standard InChI is InChI=1S/C10H17ClN4/c1-12-8-3-4-15(6-8)7-10-13-5-9(11)14(10)2/h5,8,12H,3-4,6-7H2,1-2H3. The average molecular weight is 229 g/mol. The Balaban J connectivity index is 1.95. The maximum atomic E-state index is 5.94. The van der Waals surface area contributed by atoms with Crippen molar-refractivity contribution in [3.05, 3.63) is 17.2 Å². The molecule has 15 heavy (non-hydrogen) atoms. The zero-order valence-electron chi connectivity index (χ0n) is 9.20. The van der Waals surface area contributed by atoms with E-state index in [-0.39, 0.29) is 0 Å². The van der Waals surface area contributed by atoms with Crippen LogP contribution < -0.4 is 5.32 Å². The lowest BCUT2D eigenvalue weighted by Gasteiger charge is -2.15. The van der Waals surface area contributed by atoms with E-state index in [1.54, 1.807) is 6.20 Å². The first-order valence-electron chi connectivity index (χ1n) is 5.26. The molecule has 0 bridgehead atoms. The molecule has 2 heterocycles. The first-order valence-corrected chi connectivity index (χ1v) is 5.64. The van der Waals surface area contributed by atoms with Gasteiger partial charge in [-0.3, -0.25) is 4.90 Å². The summed E-state index contributed by atoms with van der Waals surface area (Å²) in [7, 11) is 3.97. The summed E-state index contributed by atoms with van der Waals surface area (Å²) in [5, 5.41) is 4.01. The van der Waals surface area contributed by atoms with E-state index in [1.807, 2.05) is 18.7 Å². The molecule has 84 valence electrons. The Morgan fingerprint density at radius 2 is 2.47 bits per heavy atom. The van der Waals surface area contributed by atoms with Gasteiger partial charge in [-0.1, -0.05) is 11.6 Å². The molecule has 5 heteroatoms. The number of hydrogen-bond acceptors (Lipinski definition) is 3. The number of imidazole rings is 1. The largest absolute Gasteiger partial charge is 0.321 e. The number of nitrogens with one attached hydrogen (secondary N) is 1. The quantitative estimate of drug-likeness (QED) is 0.834. The maximum absolute atomic E-state index is 5.94. The molecular weight excluding hydrogens is 212 g/mol. The van der Waals surface area contributed by atoms with Gasteiger partial charge in [0.1, 0.15) is 11.0 Å². The van der Waals surface area contributed by atoms with Crippen molar-refractivity contribution in [3.8, 4) is 0 Å². The van der Waals surface area contributed by atoms with Crippen molar-refractivity contribution >= 4 is 11.6 Å². The Hall–Kier alpha value is -0.580. The van der Waals surface area contributed by atoms with Crippen LogP contribution in [0.2, 0.25) is 5.15 Å². The summed E-state index contributed by atoms with van der Waals surface area (Å²) in [6, 6.07) is 0.626. The molecule has 1 unspecified atom stereocenters. The van der Waals surface area contributed by atoms with Crippen molar-refractivity contribution in [3.63, 3.8) is 0 Å². The van der Waals surface area contributed by atoms with Crippen LogP contribution in [0.15, 0.2) is 6.20 Å². The highest BCUT2D eigenvalue weighted by Gasteiger charge is 2.22. The van der Waals surface area contributed by atoms with Crippen LogP contribution in [0.4, 0.5) is 0 Å². The van der Waals surface area contributed by atoms with Gasteiger partial charge in [-0.05, 0) is 13.5 Å². The second-order valence-electron chi connectivity index (χ2n) is 4.07. The Labute approximate surface area is 95.2 Å². The summed E-state index contributed by atoms with van der Waals surface area (Å²) in [6.07, 6.45) is 2.93. The predicted molar refractivity (Wildman–Crippen MR) is 61.0 cm³/mol. The second kappa shape index (κ2) is 4.51. The summed E-state index contributed by atoms with van der Waals surface area (Å²) in [5.41, 5.74) is 0. The first-order chi connectivity index (χ1) is 7.20. The second-order valence-corrected chi connectivity index (χ2v) is 4.45. The van der Waals surface area contributed by atoms with Crippen LogP contribution in [0.3, 0.4) is 0 Å².